The summed E-state index contributed by atoms with van der Waals surface area (Å²) in [6.45, 7) is 18.1. The van der Waals surface area contributed by atoms with E-state index in [2.05, 4.69) is 48.5 Å². The Morgan fingerprint density at radius 3 is 2.00 bits per heavy atom. The number of amides is 1. The highest BCUT2D eigenvalue weighted by molar-refractivity contribution is 5.68. The minimum absolute atomic E-state index is 0.186. The van der Waals surface area contributed by atoms with Crippen molar-refractivity contribution in [2.75, 3.05) is 13.2 Å². The van der Waals surface area contributed by atoms with Crippen LogP contribution in [-0.4, -0.2) is 29.7 Å². The third-order valence-electron chi connectivity index (χ3n) is 2.73. The molecule has 0 aromatic rings. The molecule has 0 atom stereocenters. The van der Waals surface area contributed by atoms with Crippen LogP contribution in [0, 0.1) is 11.3 Å². The van der Waals surface area contributed by atoms with Gasteiger partial charge in [-0.25, -0.2) is 4.79 Å². The van der Waals surface area contributed by atoms with Crippen LogP contribution in [0.1, 0.15) is 61.8 Å². The van der Waals surface area contributed by atoms with Crippen LogP contribution >= 0.6 is 0 Å². The number of hydrogen-bond acceptors (Lipinski definition) is 2. The molecule has 0 aliphatic heterocycles. The summed E-state index contributed by atoms with van der Waals surface area (Å²) >= 11 is 0. The summed E-state index contributed by atoms with van der Waals surface area (Å²) in [5, 5.41) is 0. The molecule has 0 aromatic carbocycles. The van der Waals surface area contributed by atoms with Gasteiger partial charge in [-0.1, -0.05) is 34.6 Å². The Morgan fingerprint density at radius 2 is 1.67 bits per heavy atom. The summed E-state index contributed by atoms with van der Waals surface area (Å²) in [4.78, 5) is 14.0. The summed E-state index contributed by atoms with van der Waals surface area (Å²) in [7, 11) is 0. The molecule has 108 valence electrons. The Kier molecular flexibility index (Phi) is 6.18. The van der Waals surface area contributed by atoms with Gasteiger partial charge < -0.3 is 9.64 Å². The first-order valence-electron chi connectivity index (χ1n) is 6.94. The van der Waals surface area contributed by atoms with Gasteiger partial charge in [-0.15, -0.1) is 0 Å². The highest BCUT2D eigenvalue weighted by Gasteiger charge is 2.35. The Balaban J connectivity index is 4.98. The molecule has 0 aliphatic rings. The quantitative estimate of drug-likeness (QED) is 0.734. The smallest absolute Gasteiger partial charge is 0.410 e. The SMILES string of the molecule is CCOC(=O)N(CC(C)C)C(C)(C)CC(C)(C)C. The van der Waals surface area contributed by atoms with Gasteiger partial charge in [-0.2, -0.15) is 0 Å². The lowest BCUT2D eigenvalue weighted by Gasteiger charge is -2.42. The molecule has 0 fully saturated rings. The van der Waals surface area contributed by atoms with Gasteiger partial charge in [0, 0.05) is 12.1 Å². The maximum Gasteiger partial charge on any atom is 0.410 e. The van der Waals surface area contributed by atoms with Crippen LogP contribution in [0.15, 0.2) is 0 Å². The van der Waals surface area contributed by atoms with Crippen LogP contribution < -0.4 is 0 Å². The van der Waals surface area contributed by atoms with E-state index in [-0.39, 0.29) is 17.0 Å². The van der Waals surface area contributed by atoms with E-state index in [9.17, 15) is 4.79 Å². The fourth-order valence-electron chi connectivity index (χ4n) is 2.53. The second-order valence-corrected chi connectivity index (χ2v) is 7.25. The van der Waals surface area contributed by atoms with Gasteiger partial charge in [0.15, 0.2) is 0 Å². The summed E-state index contributed by atoms with van der Waals surface area (Å²) < 4.78 is 5.19. The molecule has 0 N–H and O–H groups in total. The zero-order chi connectivity index (χ0) is 14.6. The Labute approximate surface area is 113 Å². The van der Waals surface area contributed by atoms with Gasteiger partial charge >= 0.3 is 6.09 Å². The summed E-state index contributed by atoms with van der Waals surface area (Å²) in [6.07, 6.45) is 0.756. The number of rotatable bonds is 5. The maximum absolute atomic E-state index is 12.1. The van der Waals surface area contributed by atoms with Crippen molar-refractivity contribution in [3.05, 3.63) is 0 Å². The van der Waals surface area contributed by atoms with Crippen molar-refractivity contribution < 1.29 is 9.53 Å². The first-order valence-corrected chi connectivity index (χ1v) is 6.94. The minimum atomic E-state index is -0.194. The van der Waals surface area contributed by atoms with Crippen molar-refractivity contribution >= 4 is 6.09 Å². The normalized spacial score (nSPS) is 12.7. The standard InChI is InChI=1S/C15H31NO2/c1-9-18-13(17)16(10-12(2)3)15(7,8)11-14(4,5)6/h12H,9-11H2,1-8H3. The molecule has 0 radical (unpaired) electrons. The second kappa shape index (κ2) is 6.44. The first kappa shape index (κ1) is 17.3. The van der Waals surface area contributed by atoms with Crippen molar-refractivity contribution in [1.82, 2.24) is 4.90 Å². The average molecular weight is 257 g/mol. The van der Waals surface area contributed by atoms with Gasteiger partial charge in [0.1, 0.15) is 0 Å². The van der Waals surface area contributed by atoms with Crippen molar-refractivity contribution in [2.24, 2.45) is 11.3 Å². The van der Waals surface area contributed by atoms with Gasteiger partial charge in [-0.3, -0.25) is 0 Å². The summed E-state index contributed by atoms with van der Waals surface area (Å²) in [6, 6.07) is 0. The summed E-state index contributed by atoms with van der Waals surface area (Å²) in [5.74, 6) is 0.439. The molecular weight excluding hydrogens is 226 g/mol. The molecule has 18 heavy (non-hydrogen) atoms. The lowest BCUT2D eigenvalue weighted by molar-refractivity contribution is 0.0413. The molecule has 3 nitrogen and oxygen atoms in total. The molecule has 0 saturated carbocycles. The van der Waals surface area contributed by atoms with Crippen molar-refractivity contribution in [1.29, 1.82) is 0 Å². The highest BCUT2D eigenvalue weighted by atomic mass is 16.6. The molecule has 0 saturated heterocycles. The molecule has 0 aromatic heterocycles. The van der Waals surface area contributed by atoms with E-state index in [4.69, 9.17) is 4.74 Å². The van der Waals surface area contributed by atoms with Crippen LogP contribution in [0.5, 0.6) is 0 Å². The molecule has 3 heteroatoms. The highest BCUT2D eigenvalue weighted by Crippen LogP contribution is 2.32. The van der Waals surface area contributed by atoms with E-state index in [0.29, 0.717) is 12.5 Å². The second-order valence-electron chi connectivity index (χ2n) is 7.25. The van der Waals surface area contributed by atoms with Crippen molar-refractivity contribution in [2.45, 2.75) is 67.3 Å². The van der Waals surface area contributed by atoms with E-state index >= 15 is 0 Å². The topological polar surface area (TPSA) is 29.5 Å². The monoisotopic (exact) mass is 257 g/mol. The van der Waals surface area contributed by atoms with Gasteiger partial charge in [0.25, 0.3) is 0 Å². The van der Waals surface area contributed by atoms with Gasteiger partial charge in [0.2, 0.25) is 0 Å². The van der Waals surface area contributed by atoms with Gasteiger partial charge in [-0.05, 0) is 38.5 Å². The predicted octanol–water partition coefficient (Wildman–Crippen LogP) is 4.32. The van der Waals surface area contributed by atoms with Crippen LogP contribution in [0.2, 0.25) is 0 Å². The van der Waals surface area contributed by atoms with Crippen molar-refractivity contribution in [3.8, 4) is 0 Å². The van der Waals surface area contributed by atoms with Crippen LogP contribution in [-0.2, 0) is 4.74 Å². The van der Waals surface area contributed by atoms with E-state index in [1.165, 1.54) is 0 Å². The molecule has 0 spiro atoms. The number of nitrogens with zero attached hydrogens (tertiary/aromatic N) is 1. The number of hydrogen-bond donors (Lipinski definition) is 0. The number of carbonyl (C=O) groups is 1. The predicted molar refractivity (Wildman–Crippen MR) is 76.7 cm³/mol. The third kappa shape index (κ3) is 6.27. The van der Waals surface area contributed by atoms with E-state index < -0.39 is 0 Å². The third-order valence-corrected chi connectivity index (χ3v) is 2.73. The average Bonchev–Trinajstić information content (AvgIpc) is 2.09. The van der Waals surface area contributed by atoms with Crippen LogP contribution in [0.25, 0.3) is 0 Å². The molecule has 1 amide bonds. The summed E-state index contributed by atoms with van der Waals surface area (Å²) in [5.41, 5.74) is -0.00000248. The van der Waals surface area contributed by atoms with E-state index in [1.807, 2.05) is 11.8 Å². The fraction of sp³-hybridized carbons (Fsp3) is 0.933. The maximum atomic E-state index is 12.1. The molecular formula is C15H31NO2. The first-order chi connectivity index (χ1) is 7.99. The Hall–Kier alpha value is -0.730. The van der Waals surface area contributed by atoms with E-state index in [0.717, 1.165) is 13.0 Å². The fourth-order valence-corrected chi connectivity index (χ4v) is 2.53. The zero-order valence-corrected chi connectivity index (χ0v) is 13.5. The molecule has 0 aliphatic carbocycles. The molecule has 0 heterocycles. The Morgan fingerprint density at radius 1 is 1.17 bits per heavy atom. The molecule has 0 rings (SSSR count). The minimum Gasteiger partial charge on any atom is -0.450 e. The lowest BCUT2D eigenvalue weighted by Crippen LogP contribution is -2.51. The Bertz CT molecular complexity index is 264. The lowest BCUT2D eigenvalue weighted by atomic mass is 9.80. The van der Waals surface area contributed by atoms with Crippen molar-refractivity contribution in [3.63, 3.8) is 0 Å². The zero-order valence-electron chi connectivity index (χ0n) is 13.5. The molecule has 0 bridgehead atoms. The molecule has 0 unspecified atom stereocenters. The number of carbonyl (C=O) groups excluding carboxylic acids is 1. The van der Waals surface area contributed by atoms with Gasteiger partial charge in [0.05, 0.1) is 6.61 Å². The van der Waals surface area contributed by atoms with E-state index in [1.54, 1.807) is 0 Å². The van der Waals surface area contributed by atoms with Crippen LogP contribution in [0.3, 0.4) is 0 Å². The largest absolute Gasteiger partial charge is 0.450 e. The van der Waals surface area contributed by atoms with Crippen LogP contribution in [0.4, 0.5) is 4.79 Å². The number of ether oxygens (including phenoxy) is 1.